The van der Waals surface area contributed by atoms with Crippen LogP contribution in [-0.4, -0.2) is 53.6 Å². The van der Waals surface area contributed by atoms with Crippen LogP contribution in [0.15, 0.2) is 12.3 Å². The molecule has 18 heavy (non-hydrogen) atoms. The van der Waals surface area contributed by atoms with Gasteiger partial charge in [0.25, 0.3) is 0 Å². The zero-order chi connectivity index (χ0) is 13.2. The topological polar surface area (TPSA) is 42.3 Å². The molecule has 1 aromatic heterocycles. The largest absolute Gasteiger partial charge is 0.379 e. The summed E-state index contributed by atoms with van der Waals surface area (Å²) in [7, 11) is 3.96. The van der Waals surface area contributed by atoms with Crippen LogP contribution in [0, 0.1) is 0 Å². The van der Waals surface area contributed by atoms with Crippen molar-refractivity contribution < 1.29 is 4.74 Å². The van der Waals surface area contributed by atoms with Gasteiger partial charge in [0.15, 0.2) is 0 Å². The number of ether oxygens (including phenoxy) is 1. The number of nitrogens with one attached hydrogen (secondary N) is 1. The van der Waals surface area contributed by atoms with Crippen molar-refractivity contribution in [3.05, 3.63) is 18.0 Å². The van der Waals surface area contributed by atoms with Gasteiger partial charge in [0.05, 0.1) is 24.9 Å². The molecular formula is C13H24N4O. The van der Waals surface area contributed by atoms with Gasteiger partial charge in [-0.2, -0.15) is 5.10 Å². The fourth-order valence-corrected chi connectivity index (χ4v) is 2.77. The summed E-state index contributed by atoms with van der Waals surface area (Å²) in [5, 5.41) is 7.95. The monoisotopic (exact) mass is 252 g/mol. The first-order chi connectivity index (χ1) is 8.55. The fraction of sp³-hybridized carbons (Fsp3) is 0.769. The summed E-state index contributed by atoms with van der Waals surface area (Å²) in [6.45, 7) is 8.16. The van der Waals surface area contributed by atoms with Crippen LogP contribution >= 0.6 is 0 Å². The molecule has 1 atom stereocenters. The lowest BCUT2D eigenvalue weighted by Crippen LogP contribution is -2.55. The summed E-state index contributed by atoms with van der Waals surface area (Å²) in [5.41, 5.74) is 1.11. The molecule has 0 aromatic carbocycles. The lowest BCUT2D eigenvalue weighted by atomic mass is 9.89. The molecule has 1 aromatic rings. The van der Waals surface area contributed by atoms with Crippen molar-refractivity contribution in [1.29, 1.82) is 0 Å². The highest BCUT2D eigenvalue weighted by Gasteiger charge is 2.37. The van der Waals surface area contributed by atoms with Crippen LogP contribution in [0.1, 0.15) is 25.6 Å². The van der Waals surface area contributed by atoms with Crippen LogP contribution in [0.2, 0.25) is 0 Å². The zero-order valence-corrected chi connectivity index (χ0v) is 11.8. The van der Waals surface area contributed by atoms with Gasteiger partial charge in [-0.15, -0.1) is 0 Å². The maximum absolute atomic E-state index is 5.44. The predicted molar refractivity (Wildman–Crippen MR) is 71.5 cm³/mol. The van der Waals surface area contributed by atoms with Crippen LogP contribution < -0.4 is 5.32 Å². The van der Waals surface area contributed by atoms with Gasteiger partial charge >= 0.3 is 0 Å². The number of hydrogen-bond acceptors (Lipinski definition) is 4. The van der Waals surface area contributed by atoms with Gasteiger partial charge in [0.2, 0.25) is 0 Å². The van der Waals surface area contributed by atoms with Gasteiger partial charge in [-0.25, -0.2) is 0 Å². The molecule has 0 aliphatic carbocycles. The molecule has 5 nitrogen and oxygen atoms in total. The number of rotatable bonds is 4. The van der Waals surface area contributed by atoms with Gasteiger partial charge in [-0.3, -0.25) is 9.58 Å². The number of hydrogen-bond donors (Lipinski definition) is 1. The van der Waals surface area contributed by atoms with Crippen molar-refractivity contribution in [2.24, 2.45) is 7.05 Å². The van der Waals surface area contributed by atoms with E-state index < -0.39 is 0 Å². The predicted octanol–water partition coefficient (Wildman–Crippen LogP) is 0.791. The molecule has 0 amide bonds. The molecule has 1 aliphatic heterocycles. The minimum atomic E-state index is 0.0207. The second kappa shape index (κ2) is 5.38. The van der Waals surface area contributed by atoms with Gasteiger partial charge < -0.3 is 10.1 Å². The fourth-order valence-electron chi connectivity index (χ4n) is 2.77. The summed E-state index contributed by atoms with van der Waals surface area (Å²) in [6.07, 6.45) is 2.00. The molecule has 1 aliphatic rings. The molecule has 1 fully saturated rings. The first-order valence-corrected chi connectivity index (χ1v) is 6.55. The van der Waals surface area contributed by atoms with E-state index in [9.17, 15) is 0 Å². The van der Waals surface area contributed by atoms with E-state index in [-0.39, 0.29) is 11.6 Å². The van der Waals surface area contributed by atoms with E-state index in [1.165, 1.54) is 0 Å². The number of aryl methyl sites for hydroxylation is 1. The number of likely N-dealkylation sites (N-methyl/N-ethyl adjacent to an activating group) is 1. The molecule has 1 unspecified atom stereocenters. The Balaban J connectivity index is 2.19. The summed E-state index contributed by atoms with van der Waals surface area (Å²) < 4.78 is 7.29. The Kier molecular flexibility index (Phi) is 4.04. The van der Waals surface area contributed by atoms with Crippen molar-refractivity contribution in [1.82, 2.24) is 20.0 Å². The van der Waals surface area contributed by atoms with Crippen LogP contribution in [-0.2, 0) is 11.8 Å². The summed E-state index contributed by atoms with van der Waals surface area (Å²) in [5.74, 6) is 0. The maximum Gasteiger partial charge on any atom is 0.0812 e. The molecular weight excluding hydrogens is 228 g/mol. The molecule has 0 saturated carbocycles. The normalized spacial score (nSPS) is 20.0. The third-order valence-electron chi connectivity index (χ3n) is 3.85. The Labute approximate surface area is 109 Å². The van der Waals surface area contributed by atoms with Gasteiger partial charge in [0.1, 0.15) is 0 Å². The van der Waals surface area contributed by atoms with E-state index in [2.05, 4.69) is 35.2 Å². The van der Waals surface area contributed by atoms with E-state index in [4.69, 9.17) is 4.74 Å². The quantitative estimate of drug-likeness (QED) is 0.860. The van der Waals surface area contributed by atoms with E-state index in [1.807, 2.05) is 25.0 Å². The van der Waals surface area contributed by atoms with Crippen LogP contribution in [0.4, 0.5) is 0 Å². The number of morpholine rings is 1. The second-order valence-electron chi connectivity index (χ2n) is 5.39. The number of nitrogens with zero attached hydrogens (tertiary/aromatic N) is 3. The van der Waals surface area contributed by atoms with Crippen LogP contribution in [0.3, 0.4) is 0 Å². The second-order valence-corrected chi connectivity index (χ2v) is 5.39. The molecule has 0 bridgehead atoms. The van der Waals surface area contributed by atoms with E-state index in [0.717, 1.165) is 32.0 Å². The number of aromatic nitrogens is 2. The Hall–Kier alpha value is -0.910. The van der Waals surface area contributed by atoms with Crippen molar-refractivity contribution in [3.63, 3.8) is 0 Å². The van der Waals surface area contributed by atoms with Gasteiger partial charge in [-0.1, -0.05) is 0 Å². The third-order valence-corrected chi connectivity index (χ3v) is 3.85. The Bertz CT molecular complexity index is 382. The summed E-state index contributed by atoms with van der Waals surface area (Å²) in [4.78, 5) is 2.48. The highest BCUT2D eigenvalue weighted by molar-refractivity contribution is 5.12. The van der Waals surface area contributed by atoms with E-state index in [1.54, 1.807) is 0 Å². The van der Waals surface area contributed by atoms with Crippen molar-refractivity contribution in [2.45, 2.75) is 25.4 Å². The molecule has 1 saturated heterocycles. The van der Waals surface area contributed by atoms with Crippen LogP contribution in [0.25, 0.3) is 0 Å². The Morgan fingerprint density at radius 3 is 2.56 bits per heavy atom. The van der Waals surface area contributed by atoms with Crippen molar-refractivity contribution >= 4 is 0 Å². The smallest absolute Gasteiger partial charge is 0.0812 e. The first-order valence-electron chi connectivity index (χ1n) is 6.55. The highest BCUT2D eigenvalue weighted by atomic mass is 16.5. The lowest BCUT2D eigenvalue weighted by molar-refractivity contribution is -0.0234. The highest BCUT2D eigenvalue weighted by Crippen LogP contribution is 2.30. The third kappa shape index (κ3) is 2.58. The SMILES string of the molecule is CNC(c1ccn(C)n1)C(C)(C)N1CCOCC1. The van der Waals surface area contributed by atoms with Crippen LogP contribution in [0.5, 0.6) is 0 Å². The summed E-state index contributed by atoms with van der Waals surface area (Å²) in [6, 6.07) is 2.31. The molecule has 102 valence electrons. The molecule has 0 spiro atoms. The standard InChI is InChI=1S/C13H24N4O/c1-13(2,17-7-9-18-10-8-17)12(14-3)11-5-6-16(4)15-11/h5-6,12,14H,7-10H2,1-4H3. The lowest BCUT2D eigenvalue weighted by Gasteiger charge is -2.45. The Morgan fingerprint density at radius 2 is 2.06 bits per heavy atom. The molecule has 2 heterocycles. The Morgan fingerprint density at radius 1 is 1.39 bits per heavy atom. The molecule has 0 radical (unpaired) electrons. The average Bonchev–Trinajstić information content (AvgIpc) is 2.77. The molecule has 5 heteroatoms. The maximum atomic E-state index is 5.44. The van der Waals surface area contributed by atoms with Gasteiger partial charge in [-0.05, 0) is 27.0 Å². The zero-order valence-electron chi connectivity index (χ0n) is 11.8. The van der Waals surface area contributed by atoms with E-state index >= 15 is 0 Å². The van der Waals surface area contributed by atoms with Crippen molar-refractivity contribution in [2.75, 3.05) is 33.4 Å². The molecule has 2 rings (SSSR count). The first kappa shape index (κ1) is 13.5. The van der Waals surface area contributed by atoms with Gasteiger partial charge in [0, 0.05) is 31.9 Å². The van der Waals surface area contributed by atoms with Crippen molar-refractivity contribution in [3.8, 4) is 0 Å². The minimum absolute atomic E-state index is 0.0207. The molecule has 1 N–H and O–H groups in total. The van der Waals surface area contributed by atoms with E-state index in [0.29, 0.717) is 0 Å². The minimum Gasteiger partial charge on any atom is -0.379 e. The summed E-state index contributed by atoms with van der Waals surface area (Å²) >= 11 is 0. The average molecular weight is 252 g/mol.